The second-order valence-corrected chi connectivity index (χ2v) is 3.87. The Morgan fingerprint density at radius 2 is 2.60 bits per heavy atom. The first-order valence-electron chi connectivity index (χ1n) is 5.11. The maximum atomic E-state index is 10.9. The number of carbonyl (C=O) groups is 1. The average molecular weight is 214 g/mol. The first-order chi connectivity index (χ1) is 7.13. The van der Waals surface area contributed by atoms with Gasteiger partial charge in [-0.2, -0.15) is 0 Å². The molecule has 0 aliphatic carbocycles. The lowest BCUT2D eigenvalue weighted by Gasteiger charge is -2.24. The molecule has 2 atom stereocenters. The summed E-state index contributed by atoms with van der Waals surface area (Å²) in [5, 5.41) is 17.5. The van der Waals surface area contributed by atoms with Crippen LogP contribution in [0.25, 0.3) is 0 Å². The van der Waals surface area contributed by atoms with Gasteiger partial charge in [0.25, 0.3) is 0 Å². The van der Waals surface area contributed by atoms with Crippen LogP contribution in [0.4, 0.5) is 0 Å². The summed E-state index contributed by atoms with van der Waals surface area (Å²) in [6.45, 7) is 3.18. The summed E-state index contributed by atoms with van der Waals surface area (Å²) in [6, 6.07) is 0.289. The van der Waals surface area contributed by atoms with Crippen LogP contribution in [-0.2, 0) is 4.79 Å². The van der Waals surface area contributed by atoms with Gasteiger partial charge in [0, 0.05) is 31.5 Å². The van der Waals surface area contributed by atoms with Gasteiger partial charge in [0.2, 0.25) is 5.91 Å². The zero-order chi connectivity index (χ0) is 11.3. The topological polar surface area (TPSA) is 99.7 Å². The highest BCUT2D eigenvalue weighted by Gasteiger charge is 2.18. The summed E-state index contributed by atoms with van der Waals surface area (Å²) in [6.07, 6.45) is 1.41. The fraction of sp³-hybridized carbons (Fsp3) is 0.778. The molecule has 0 bridgehead atoms. The fourth-order valence-electron chi connectivity index (χ4n) is 1.45. The Morgan fingerprint density at radius 3 is 3.13 bits per heavy atom. The first-order valence-corrected chi connectivity index (χ1v) is 5.11. The van der Waals surface area contributed by atoms with Crippen LogP contribution < -0.4 is 16.4 Å². The second kappa shape index (κ2) is 5.55. The molecule has 6 heteroatoms. The van der Waals surface area contributed by atoms with E-state index in [0.717, 1.165) is 6.42 Å². The van der Waals surface area contributed by atoms with E-state index in [4.69, 9.17) is 10.9 Å². The third kappa shape index (κ3) is 3.75. The summed E-state index contributed by atoms with van der Waals surface area (Å²) in [4.78, 5) is 10.9. The predicted molar refractivity (Wildman–Crippen MR) is 56.6 cm³/mol. The summed E-state index contributed by atoms with van der Waals surface area (Å²) in [5.41, 5.74) is 5.44. The number of piperidine rings is 1. The normalized spacial score (nSPS) is 24.7. The maximum absolute atomic E-state index is 10.9. The number of oxime groups is 1. The Hall–Kier alpha value is -1.30. The van der Waals surface area contributed by atoms with Crippen molar-refractivity contribution in [3.63, 3.8) is 0 Å². The number of rotatable bonds is 4. The number of nitrogens with two attached hydrogens (primary N) is 1. The third-order valence-electron chi connectivity index (χ3n) is 2.60. The average Bonchev–Trinajstić information content (AvgIpc) is 2.26. The smallest absolute Gasteiger partial charge is 0.220 e. The van der Waals surface area contributed by atoms with Gasteiger partial charge >= 0.3 is 0 Å². The van der Waals surface area contributed by atoms with Crippen molar-refractivity contribution in [1.29, 1.82) is 0 Å². The van der Waals surface area contributed by atoms with Crippen LogP contribution in [0.15, 0.2) is 5.16 Å². The Balaban J connectivity index is 2.22. The van der Waals surface area contributed by atoms with Crippen LogP contribution in [0.2, 0.25) is 0 Å². The monoisotopic (exact) mass is 214 g/mol. The molecule has 0 aromatic rings. The van der Waals surface area contributed by atoms with E-state index in [1.54, 1.807) is 0 Å². The zero-order valence-corrected chi connectivity index (χ0v) is 8.86. The molecule has 1 saturated heterocycles. The van der Waals surface area contributed by atoms with E-state index in [2.05, 4.69) is 15.8 Å². The molecule has 1 rings (SSSR count). The highest BCUT2D eigenvalue weighted by Crippen LogP contribution is 2.03. The highest BCUT2D eigenvalue weighted by atomic mass is 16.4. The van der Waals surface area contributed by atoms with Crippen molar-refractivity contribution in [3.05, 3.63) is 0 Å². The van der Waals surface area contributed by atoms with E-state index in [9.17, 15) is 4.79 Å². The molecule has 15 heavy (non-hydrogen) atoms. The zero-order valence-electron chi connectivity index (χ0n) is 8.86. The van der Waals surface area contributed by atoms with Gasteiger partial charge in [-0.3, -0.25) is 4.79 Å². The van der Waals surface area contributed by atoms with E-state index >= 15 is 0 Å². The molecule has 0 spiro atoms. The van der Waals surface area contributed by atoms with Crippen LogP contribution in [0.1, 0.15) is 19.8 Å². The first kappa shape index (κ1) is 11.8. The molecule has 1 aliphatic rings. The predicted octanol–water partition coefficient (Wildman–Crippen LogP) is -0.763. The lowest BCUT2D eigenvalue weighted by Crippen LogP contribution is -2.47. The number of nitrogens with zero attached hydrogens (tertiary/aromatic N) is 1. The molecular formula is C9H18N4O2. The molecular weight excluding hydrogens is 196 g/mol. The van der Waals surface area contributed by atoms with Crippen molar-refractivity contribution >= 4 is 11.7 Å². The number of nitrogens with one attached hydrogen (secondary N) is 2. The summed E-state index contributed by atoms with van der Waals surface area (Å²) in [7, 11) is 0. The van der Waals surface area contributed by atoms with Crippen molar-refractivity contribution in [2.24, 2.45) is 16.8 Å². The Kier molecular flexibility index (Phi) is 4.36. The van der Waals surface area contributed by atoms with Crippen LogP contribution in [0.3, 0.4) is 0 Å². The lowest BCUT2D eigenvalue weighted by molar-refractivity contribution is -0.122. The SMILES string of the molecule is CC(CNC1CCC(=O)NC1)C(N)=NO. The molecule has 0 aromatic carbocycles. The van der Waals surface area contributed by atoms with Crippen LogP contribution >= 0.6 is 0 Å². The van der Waals surface area contributed by atoms with Gasteiger partial charge in [-0.05, 0) is 6.42 Å². The van der Waals surface area contributed by atoms with E-state index < -0.39 is 0 Å². The summed E-state index contributed by atoms with van der Waals surface area (Å²) >= 11 is 0. The van der Waals surface area contributed by atoms with E-state index in [0.29, 0.717) is 19.5 Å². The molecule has 0 aromatic heterocycles. The minimum absolute atomic E-state index is 0.00683. The lowest BCUT2D eigenvalue weighted by atomic mass is 10.1. The van der Waals surface area contributed by atoms with Crippen LogP contribution in [-0.4, -0.2) is 36.1 Å². The molecule has 0 radical (unpaired) electrons. The van der Waals surface area contributed by atoms with E-state index in [1.807, 2.05) is 6.92 Å². The molecule has 2 unspecified atom stereocenters. The molecule has 1 fully saturated rings. The Bertz CT molecular complexity index is 244. The van der Waals surface area contributed by atoms with Gasteiger partial charge < -0.3 is 21.6 Å². The van der Waals surface area contributed by atoms with Gasteiger partial charge in [-0.15, -0.1) is 0 Å². The molecule has 1 heterocycles. The minimum Gasteiger partial charge on any atom is -0.409 e. The number of hydrogen-bond acceptors (Lipinski definition) is 4. The fourth-order valence-corrected chi connectivity index (χ4v) is 1.45. The second-order valence-electron chi connectivity index (χ2n) is 3.87. The maximum Gasteiger partial charge on any atom is 0.220 e. The van der Waals surface area contributed by atoms with Crippen molar-refractivity contribution in [2.75, 3.05) is 13.1 Å². The number of carbonyl (C=O) groups excluding carboxylic acids is 1. The molecule has 6 nitrogen and oxygen atoms in total. The van der Waals surface area contributed by atoms with Gasteiger partial charge in [-0.1, -0.05) is 12.1 Å². The van der Waals surface area contributed by atoms with Crippen molar-refractivity contribution in [2.45, 2.75) is 25.8 Å². The molecule has 0 saturated carbocycles. The number of amides is 1. The summed E-state index contributed by atoms with van der Waals surface area (Å²) in [5.74, 6) is 0.326. The quantitative estimate of drug-likeness (QED) is 0.214. The minimum atomic E-state index is -0.00683. The molecule has 1 amide bonds. The van der Waals surface area contributed by atoms with Crippen molar-refractivity contribution in [3.8, 4) is 0 Å². The highest BCUT2D eigenvalue weighted by molar-refractivity contribution is 5.82. The summed E-state index contributed by atoms with van der Waals surface area (Å²) < 4.78 is 0. The van der Waals surface area contributed by atoms with Gasteiger partial charge in [0.1, 0.15) is 5.84 Å². The van der Waals surface area contributed by atoms with Crippen molar-refractivity contribution in [1.82, 2.24) is 10.6 Å². The van der Waals surface area contributed by atoms with Gasteiger partial charge in [0.15, 0.2) is 0 Å². The number of amidine groups is 1. The molecule has 86 valence electrons. The number of hydrogen-bond donors (Lipinski definition) is 4. The molecule has 5 N–H and O–H groups in total. The van der Waals surface area contributed by atoms with Gasteiger partial charge in [-0.25, -0.2) is 0 Å². The Morgan fingerprint density at radius 1 is 1.87 bits per heavy atom. The standard InChI is InChI=1S/C9H18N4O2/c1-6(9(10)13-15)4-11-7-2-3-8(14)12-5-7/h6-7,11,15H,2-5H2,1H3,(H2,10,13)(H,12,14). The van der Waals surface area contributed by atoms with Crippen LogP contribution in [0.5, 0.6) is 0 Å². The largest absolute Gasteiger partial charge is 0.409 e. The van der Waals surface area contributed by atoms with E-state index in [-0.39, 0.29) is 23.7 Å². The Labute approximate surface area is 88.9 Å². The van der Waals surface area contributed by atoms with Crippen molar-refractivity contribution < 1.29 is 10.0 Å². The van der Waals surface area contributed by atoms with Gasteiger partial charge in [0.05, 0.1) is 0 Å². The molecule has 1 aliphatic heterocycles. The van der Waals surface area contributed by atoms with Crippen LogP contribution in [0, 0.1) is 5.92 Å². The third-order valence-corrected chi connectivity index (χ3v) is 2.60. The van der Waals surface area contributed by atoms with E-state index in [1.165, 1.54) is 0 Å².